The predicted octanol–water partition coefficient (Wildman–Crippen LogP) is 2.64. The van der Waals surface area contributed by atoms with Gasteiger partial charge in [0.15, 0.2) is 0 Å². The average Bonchev–Trinajstić information content (AvgIpc) is 2.97. The normalized spacial score (nSPS) is 23.6. The van der Waals surface area contributed by atoms with E-state index in [-0.39, 0.29) is 17.4 Å². The molecule has 0 bridgehead atoms. The number of thiazole rings is 1. The van der Waals surface area contributed by atoms with Gasteiger partial charge in [0.2, 0.25) is 5.91 Å². The van der Waals surface area contributed by atoms with Gasteiger partial charge in [0.1, 0.15) is 5.01 Å². The van der Waals surface area contributed by atoms with E-state index in [2.05, 4.69) is 25.8 Å². The Balaban J connectivity index is 2.08. The number of carbonyl (C=O) groups excluding carboxylic acids is 1. The minimum absolute atomic E-state index is 0.0836. The van der Waals surface area contributed by atoms with Crippen LogP contribution in [-0.4, -0.2) is 34.9 Å². The second-order valence-corrected chi connectivity index (χ2v) is 8.76. The molecule has 0 spiro atoms. The Kier molecular flexibility index (Phi) is 4.45. The van der Waals surface area contributed by atoms with Crippen LogP contribution in [0.5, 0.6) is 0 Å². The first kappa shape index (κ1) is 16.4. The quantitative estimate of drug-likeness (QED) is 0.934. The van der Waals surface area contributed by atoms with Crippen molar-refractivity contribution in [1.29, 1.82) is 0 Å². The maximum Gasteiger partial charge on any atom is 0.235 e. The number of rotatable bonds is 3. The van der Waals surface area contributed by atoms with Crippen LogP contribution in [-0.2, 0) is 10.2 Å². The van der Waals surface area contributed by atoms with Crippen LogP contribution >= 0.6 is 11.3 Å². The van der Waals surface area contributed by atoms with Crippen LogP contribution in [0.4, 0.5) is 0 Å². The molecule has 1 aromatic heterocycles. The highest BCUT2D eigenvalue weighted by Crippen LogP contribution is 2.33. The predicted molar refractivity (Wildman–Crippen MR) is 87.3 cm³/mol. The first-order valence-electron chi connectivity index (χ1n) is 7.56. The van der Waals surface area contributed by atoms with Crippen molar-refractivity contribution in [2.75, 3.05) is 13.1 Å². The molecule has 0 radical (unpaired) electrons. The molecule has 1 aromatic rings. The van der Waals surface area contributed by atoms with Crippen LogP contribution in [0, 0.1) is 11.3 Å². The van der Waals surface area contributed by atoms with Gasteiger partial charge >= 0.3 is 0 Å². The van der Waals surface area contributed by atoms with Crippen molar-refractivity contribution >= 4 is 17.2 Å². The van der Waals surface area contributed by atoms with Gasteiger partial charge in [-0.05, 0) is 31.6 Å². The zero-order valence-electron chi connectivity index (χ0n) is 13.7. The first-order valence-corrected chi connectivity index (χ1v) is 8.44. The molecule has 2 N–H and O–H groups in total. The Bertz CT molecular complexity index is 490. The number of amides is 1. The summed E-state index contributed by atoms with van der Waals surface area (Å²) >= 11 is 1.54. The van der Waals surface area contributed by atoms with Crippen LogP contribution in [0.2, 0.25) is 0 Å². The van der Waals surface area contributed by atoms with Crippen LogP contribution in [0.15, 0.2) is 11.6 Å². The molecule has 2 atom stereocenters. The highest BCUT2D eigenvalue weighted by Gasteiger charge is 2.42. The second-order valence-electron chi connectivity index (χ2n) is 7.86. The van der Waals surface area contributed by atoms with Gasteiger partial charge < -0.3 is 10.6 Å². The summed E-state index contributed by atoms with van der Waals surface area (Å²) in [6.45, 7) is 12.0. The van der Waals surface area contributed by atoms with E-state index < -0.39 is 5.41 Å². The third-order valence-corrected chi connectivity index (χ3v) is 5.25. The fourth-order valence-corrected chi connectivity index (χ4v) is 3.84. The molecule has 0 aromatic carbocycles. The summed E-state index contributed by atoms with van der Waals surface area (Å²) < 4.78 is 0. The van der Waals surface area contributed by atoms with E-state index in [4.69, 9.17) is 5.73 Å². The molecule has 1 amide bonds. The molecular weight excluding hydrogens is 282 g/mol. The average molecular weight is 309 g/mol. The van der Waals surface area contributed by atoms with Gasteiger partial charge in [-0.15, -0.1) is 11.3 Å². The number of nitrogens with zero attached hydrogens (tertiary/aromatic N) is 2. The number of hydrogen-bond donors (Lipinski definition) is 1. The topological polar surface area (TPSA) is 59.2 Å². The first-order chi connectivity index (χ1) is 9.61. The number of hydrogen-bond acceptors (Lipinski definition) is 4. The number of aromatic nitrogens is 1. The highest BCUT2D eigenvalue weighted by atomic mass is 32.1. The Morgan fingerprint density at radius 2 is 2.05 bits per heavy atom. The Labute approximate surface area is 131 Å². The molecule has 1 saturated heterocycles. The minimum Gasteiger partial charge on any atom is -0.340 e. The lowest BCUT2D eigenvalue weighted by molar-refractivity contribution is -0.135. The molecule has 1 aliphatic rings. The lowest BCUT2D eigenvalue weighted by atomic mass is 9.83. The molecule has 0 aliphatic carbocycles. The number of nitrogens with two attached hydrogens (primary N) is 1. The summed E-state index contributed by atoms with van der Waals surface area (Å²) in [6, 6.07) is 0.0836. The molecule has 4 nitrogen and oxygen atoms in total. The van der Waals surface area contributed by atoms with Crippen LogP contribution in [0.1, 0.15) is 46.0 Å². The van der Waals surface area contributed by atoms with Crippen LogP contribution in [0.25, 0.3) is 0 Å². The highest BCUT2D eigenvalue weighted by molar-refractivity contribution is 7.09. The van der Waals surface area contributed by atoms with E-state index in [0.717, 1.165) is 18.0 Å². The van der Waals surface area contributed by atoms with E-state index in [0.29, 0.717) is 12.5 Å². The summed E-state index contributed by atoms with van der Waals surface area (Å²) in [5.74, 6) is 0.533. The van der Waals surface area contributed by atoms with Crippen molar-refractivity contribution in [1.82, 2.24) is 9.88 Å². The summed E-state index contributed by atoms with van der Waals surface area (Å²) in [7, 11) is 0. The zero-order valence-corrected chi connectivity index (χ0v) is 14.5. The molecule has 5 heteroatoms. The standard InChI is InChI=1S/C16H27N3OS/c1-15(2,3)8-11-9-19(10-12(11)17)14(20)16(4,5)13-18-6-7-21-13/h6-7,11-12H,8-10,17H2,1-5H3/t11-,12-/m1/s1. The minimum atomic E-state index is -0.565. The molecular formula is C16H27N3OS. The van der Waals surface area contributed by atoms with Crippen molar-refractivity contribution in [3.8, 4) is 0 Å². The fraction of sp³-hybridized carbons (Fsp3) is 0.750. The van der Waals surface area contributed by atoms with Crippen molar-refractivity contribution in [2.24, 2.45) is 17.1 Å². The molecule has 118 valence electrons. The van der Waals surface area contributed by atoms with Gasteiger partial charge in [-0.1, -0.05) is 20.8 Å². The van der Waals surface area contributed by atoms with E-state index >= 15 is 0 Å². The lowest BCUT2D eigenvalue weighted by Gasteiger charge is -2.28. The van der Waals surface area contributed by atoms with Gasteiger partial charge in [-0.25, -0.2) is 4.98 Å². The summed E-state index contributed by atoms with van der Waals surface area (Å²) in [4.78, 5) is 19.1. The summed E-state index contributed by atoms with van der Waals surface area (Å²) in [5, 5.41) is 2.79. The summed E-state index contributed by atoms with van der Waals surface area (Å²) in [5.41, 5.74) is 5.95. The van der Waals surface area contributed by atoms with Gasteiger partial charge in [-0.2, -0.15) is 0 Å². The van der Waals surface area contributed by atoms with Gasteiger partial charge in [0.05, 0.1) is 5.41 Å². The lowest BCUT2D eigenvalue weighted by Crippen LogP contribution is -2.43. The molecule has 1 aliphatic heterocycles. The SMILES string of the molecule is CC(C)(C)C[C@@H]1CN(C(=O)C(C)(C)c2nccs2)C[C@H]1N. The van der Waals surface area contributed by atoms with Crippen molar-refractivity contribution in [2.45, 2.75) is 52.5 Å². The fourth-order valence-electron chi connectivity index (χ4n) is 3.08. The monoisotopic (exact) mass is 309 g/mol. The molecule has 2 rings (SSSR count). The van der Waals surface area contributed by atoms with Gasteiger partial charge in [0, 0.05) is 30.7 Å². The van der Waals surface area contributed by atoms with E-state index in [1.807, 2.05) is 24.1 Å². The van der Waals surface area contributed by atoms with Gasteiger partial charge in [0.25, 0.3) is 0 Å². The Morgan fingerprint density at radius 1 is 1.38 bits per heavy atom. The molecule has 0 saturated carbocycles. The van der Waals surface area contributed by atoms with Crippen molar-refractivity contribution in [3.05, 3.63) is 16.6 Å². The Morgan fingerprint density at radius 3 is 2.57 bits per heavy atom. The largest absolute Gasteiger partial charge is 0.340 e. The molecule has 21 heavy (non-hydrogen) atoms. The van der Waals surface area contributed by atoms with E-state index in [1.165, 1.54) is 11.3 Å². The maximum atomic E-state index is 12.9. The second kappa shape index (κ2) is 5.69. The van der Waals surface area contributed by atoms with E-state index in [9.17, 15) is 4.79 Å². The van der Waals surface area contributed by atoms with Crippen LogP contribution in [0.3, 0.4) is 0 Å². The smallest absolute Gasteiger partial charge is 0.235 e. The third kappa shape index (κ3) is 3.64. The summed E-state index contributed by atoms with van der Waals surface area (Å²) in [6.07, 6.45) is 2.81. The molecule has 2 heterocycles. The number of likely N-dealkylation sites (tertiary alicyclic amines) is 1. The maximum absolute atomic E-state index is 12.9. The van der Waals surface area contributed by atoms with E-state index in [1.54, 1.807) is 6.20 Å². The number of carbonyl (C=O) groups is 1. The Hall–Kier alpha value is -0.940. The van der Waals surface area contributed by atoms with Crippen molar-refractivity contribution < 1.29 is 4.79 Å². The molecule has 0 unspecified atom stereocenters. The van der Waals surface area contributed by atoms with Crippen LogP contribution < -0.4 is 5.73 Å². The van der Waals surface area contributed by atoms with Gasteiger partial charge in [-0.3, -0.25) is 4.79 Å². The molecule has 1 fully saturated rings. The van der Waals surface area contributed by atoms with Crippen molar-refractivity contribution in [3.63, 3.8) is 0 Å². The third-order valence-electron chi connectivity index (χ3n) is 4.16. The zero-order chi connectivity index (χ0) is 15.8.